The van der Waals surface area contributed by atoms with E-state index in [1.807, 2.05) is 13.8 Å². The summed E-state index contributed by atoms with van der Waals surface area (Å²) in [4.78, 5) is 23.2. The first-order valence-electron chi connectivity index (χ1n) is 10.6. The zero-order valence-electron chi connectivity index (χ0n) is 19.1. The van der Waals surface area contributed by atoms with Crippen molar-refractivity contribution in [3.63, 3.8) is 0 Å². The van der Waals surface area contributed by atoms with Crippen LogP contribution in [0, 0.1) is 17.0 Å². The predicted octanol–water partition coefficient (Wildman–Crippen LogP) is 3.65. The number of carbonyl (C=O) groups excluding carboxylic acids is 1. The monoisotopic (exact) mass is 496 g/mol. The highest BCUT2D eigenvalue weighted by molar-refractivity contribution is 7.92. The van der Waals surface area contributed by atoms with Gasteiger partial charge in [-0.2, -0.15) is 5.10 Å². The number of amides is 1. The van der Waals surface area contributed by atoms with Gasteiger partial charge in [0.05, 0.1) is 33.9 Å². The number of nitro benzene ring substituents is 1. The lowest BCUT2D eigenvalue weighted by molar-refractivity contribution is -0.385. The van der Waals surface area contributed by atoms with Gasteiger partial charge in [-0.25, -0.2) is 13.8 Å². The average Bonchev–Trinajstić information content (AvgIpc) is 2.84. The molecule has 0 aliphatic rings. The van der Waals surface area contributed by atoms with Gasteiger partial charge < -0.3 is 4.74 Å². The molecule has 0 spiro atoms. The number of nitrogens with zero attached hydrogens (tertiary/aromatic N) is 3. The van der Waals surface area contributed by atoms with Crippen molar-refractivity contribution in [2.45, 2.75) is 18.7 Å². The van der Waals surface area contributed by atoms with Crippen molar-refractivity contribution >= 4 is 33.5 Å². The van der Waals surface area contributed by atoms with Crippen molar-refractivity contribution in [2.24, 2.45) is 5.10 Å². The van der Waals surface area contributed by atoms with Crippen LogP contribution in [-0.4, -0.2) is 38.6 Å². The standard InChI is InChI=1S/C24H24N4O6S/c1-3-34-21-12-10-20(11-13-21)27(35(32,33)22-14-8-18(2)9-15-22)17-24(29)26-25-16-19-6-4-5-7-23(19)28(30)31/h4-16H,3,17H2,1-2H3,(H,26,29)/b25-16-. The molecule has 0 aliphatic carbocycles. The van der Waals surface area contributed by atoms with Gasteiger partial charge in [0.25, 0.3) is 21.6 Å². The first-order chi connectivity index (χ1) is 16.7. The molecule has 35 heavy (non-hydrogen) atoms. The van der Waals surface area contributed by atoms with Crippen LogP contribution in [0.2, 0.25) is 0 Å². The summed E-state index contributed by atoms with van der Waals surface area (Å²) in [5.74, 6) is -0.174. The first kappa shape index (κ1) is 25.4. The number of nitro groups is 1. The smallest absolute Gasteiger partial charge is 0.278 e. The summed E-state index contributed by atoms with van der Waals surface area (Å²) in [6, 6.07) is 18.5. The third-order valence-corrected chi connectivity index (χ3v) is 6.65. The van der Waals surface area contributed by atoms with Gasteiger partial charge in [0.15, 0.2) is 0 Å². The number of aryl methyl sites for hydroxylation is 1. The lowest BCUT2D eigenvalue weighted by Gasteiger charge is -2.24. The summed E-state index contributed by atoms with van der Waals surface area (Å²) in [7, 11) is -4.10. The van der Waals surface area contributed by atoms with Crippen molar-refractivity contribution in [2.75, 3.05) is 17.5 Å². The second kappa shape index (κ2) is 11.3. The number of nitrogens with one attached hydrogen (secondary N) is 1. The molecule has 0 unspecified atom stereocenters. The Morgan fingerprint density at radius 1 is 1.09 bits per heavy atom. The number of hydrogen-bond acceptors (Lipinski definition) is 7. The van der Waals surface area contributed by atoms with Crippen molar-refractivity contribution < 1.29 is 22.9 Å². The Hall–Kier alpha value is -4.25. The highest BCUT2D eigenvalue weighted by Crippen LogP contribution is 2.26. The van der Waals surface area contributed by atoms with Crippen LogP contribution in [0.1, 0.15) is 18.1 Å². The SMILES string of the molecule is CCOc1ccc(N(CC(=O)N/N=C\c2ccccc2[N+](=O)[O-])S(=O)(=O)c2ccc(C)cc2)cc1. The van der Waals surface area contributed by atoms with Crippen molar-refractivity contribution in [3.8, 4) is 5.75 Å². The fraction of sp³-hybridized carbons (Fsp3) is 0.167. The van der Waals surface area contributed by atoms with Gasteiger partial charge in [-0.1, -0.05) is 29.8 Å². The Morgan fingerprint density at radius 2 is 1.74 bits per heavy atom. The van der Waals surface area contributed by atoms with E-state index in [0.29, 0.717) is 12.4 Å². The molecule has 1 amide bonds. The maximum atomic E-state index is 13.4. The Bertz CT molecular complexity index is 1320. The third-order valence-electron chi connectivity index (χ3n) is 4.86. The number of rotatable bonds is 10. The van der Waals surface area contributed by atoms with E-state index in [9.17, 15) is 23.3 Å². The van der Waals surface area contributed by atoms with Gasteiger partial charge in [-0.15, -0.1) is 0 Å². The van der Waals surface area contributed by atoms with Gasteiger partial charge in [0.1, 0.15) is 12.3 Å². The van der Waals surface area contributed by atoms with Crippen LogP contribution >= 0.6 is 0 Å². The van der Waals surface area contributed by atoms with E-state index in [4.69, 9.17) is 4.74 Å². The van der Waals surface area contributed by atoms with Crippen LogP contribution in [0.5, 0.6) is 5.75 Å². The van der Waals surface area contributed by atoms with E-state index in [1.54, 1.807) is 42.5 Å². The van der Waals surface area contributed by atoms with Gasteiger partial charge in [0.2, 0.25) is 0 Å². The maximum Gasteiger partial charge on any atom is 0.278 e. The minimum absolute atomic E-state index is 0.0215. The van der Waals surface area contributed by atoms with Gasteiger partial charge in [0, 0.05) is 6.07 Å². The molecule has 0 aromatic heterocycles. The summed E-state index contributed by atoms with van der Waals surface area (Å²) >= 11 is 0. The Morgan fingerprint density at radius 3 is 2.37 bits per heavy atom. The summed E-state index contributed by atoms with van der Waals surface area (Å²) in [6.07, 6.45) is 1.13. The molecular weight excluding hydrogens is 472 g/mol. The van der Waals surface area contributed by atoms with Crippen molar-refractivity contribution in [1.82, 2.24) is 5.43 Å². The number of para-hydroxylation sites is 1. The molecule has 0 aliphatic heterocycles. The summed E-state index contributed by atoms with van der Waals surface area (Å²) in [6.45, 7) is 3.54. The van der Waals surface area contributed by atoms with Crippen LogP contribution in [0.15, 0.2) is 82.8 Å². The summed E-state index contributed by atoms with van der Waals surface area (Å²) in [5.41, 5.74) is 3.39. The molecule has 182 valence electrons. The molecule has 1 N–H and O–H groups in total. The lowest BCUT2D eigenvalue weighted by Crippen LogP contribution is -2.39. The van der Waals surface area contributed by atoms with E-state index in [1.165, 1.54) is 30.3 Å². The lowest BCUT2D eigenvalue weighted by atomic mass is 10.2. The normalized spacial score (nSPS) is 11.3. The van der Waals surface area contributed by atoms with Gasteiger partial charge >= 0.3 is 0 Å². The highest BCUT2D eigenvalue weighted by Gasteiger charge is 2.27. The van der Waals surface area contributed by atoms with Crippen molar-refractivity contribution in [1.29, 1.82) is 0 Å². The molecule has 0 radical (unpaired) electrons. The second-order valence-corrected chi connectivity index (χ2v) is 9.22. The molecular formula is C24H24N4O6S. The number of anilines is 1. The molecule has 0 saturated heterocycles. The third kappa shape index (κ3) is 6.42. The van der Waals surface area contributed by atoms with Crippen LogP contribution in [0.3, 0.4) is 0 Å². The summed E-state index contributed by atoms with van der Waals surface area (Å²) < 4.78 is 33.2. The Balaban J connectivity index is 1.86. The Labute approximate surface area is 203 Å². The fourth-order valence-electron chi connectivity index (χ4n) is 3.13. The molecule has 0 saturated carbocycles. The zero-order chi connectivity index (χ0) is 25.4. The maximum absolute atomic E-state index is 13.4. The van der Waals surface area contributed by atoms with Crippen LogP contribution in [0.25, 0.3) is 0 Å². The number of carbonyl (C=O) groups is 1. The Kier molecular flexibility index (Phi) is 8.16. The van der Waals surface area contributed by atoms with E-state index in [-0.39, 0.29) is 21.8 Å². The fourth-order valence-corrected chi connectivity index (χ4v) is 4.55. The molecule has 0 bridgehead atoms. The molecule has 10 nitrogen and oxygen atoms in total. The second-order valence-electron chi connectivity index (χ2n) is 7.36. The van der Waals surface area contributed by atoms with Gasteiger partial charge in [-0.3, -0.25) is 19.2 Å². The number of benzene rings is 3. The van der Waals surface area contributed by atoms with Crippen LogP contribution in [0.4, 0.5) is 11.4 Å². The summed E-state index contributed by atoms with van der Waals surface area (Å²) in [5, 5.41) is 14.9. The number of sulfonamides is 1. The van der Waals surface area contributed by atoms with Crippen molar-refractivity contribution in [3.05, 3.63) is 94.0 Å². The van der Waals surface area contributed by atoms with E-state index in [0.717, 1.165) is 16.1 Å². The highest BCUT2D eigenvalue weighted by atomic mass is 32.2. The van der Waals surface area contributed by atoms with Crippen LogP contribution in [-0.2, 0) is 14.8 Å². The van der Waals surface area contributed by atoms with E-state index in [2.05, 4.69) is 10.5 Å². The van der Waals surface area contributed by atoms with E-state index >= 15 is 0 Å². The molecule has 3 aromatic carbocycles. The molecule has 11 heteroatoms. The van der Waals surface area contributed by atoms with E-state index < -0.39 is 27.4 Å². The predicted molar refractivity (Wildman–Crippen MR) is 132 cm³/mol. The zero-order valence-corrected chi connectivity index (χ0v) is 19.9. The minimum Gasteiger partial charge on any atom is -0.494 e. The van der Waals surface area contributed by atoms with Crippen LogP contribution < -0.4 is 14.5 Å². The number of ether oxygens (including phenoxy) is 1. The molecule has 0 atom stereocenters. The minimum atomic E-state index is -4.10. The molecule has 0 heterocycles. The average molecular weight is 497 g/mol. The molecule has 3 aromatic rings. The largest absolute Gasteiger partial charge is 0.494 e. The molecule has 3 rings (SSSR count). The van der Waals surface area contributed by atoms with Gasteiger partial charge in [-0.05, 0) is 56.3 Å². The quantitative estimate of drug-likeness (QED) is 0.259. The first-order valence-corrected chi connectivity index (χ1v) is 12.0. The molecule has 0 fully saturated rings. The number of hydrogen-bond donors (Lipinski definition) is 1. The topological polar surface area (TPSA) is 131 Å². The number of hydrazone groups is 1.